The van der Waals surface area contributed by atoms with Gasteiger partial charge in [0, 0.05) is 25.8 Å². The first-order valence-corrected chi connectivity index (χ1v) is 6.64. The molecule has 0 spiro atoms. The minimum atomic E-state index is -0.333. The molecule has 4 nitrogen and oxygen atoms in total. The number of urea groups is 1. The first kappa shape index (κ1) is 15.0. The zero-order valence-electron chi connectivity index (χ0n) is 11.8. The summed E-state index contributed by atoms with van der Waals surface area (Å²) in [6.45, 7) is 0.945. The number of rotatable bonds is 4. The molecule has 0 aliphatic heterocycles. The highest BCUT2D eigenvalue weighted by Crippen LogP contribution is 2.11. The zero-order valence-corrected chi connectivity index (χ0v) is 11.8. The van der Waals surface area contributed by atoms with Gasteiger partial charge in [-0.15, -0.1) is 0 Å². The highest BCUT2D eigenvalue weighted by Gasteiger charge is 2.09. The van der Waals surface area contributed by atoms with E-state index >= 15 is 0 Å². The number of nitrogens with one attached hydrogen (secondary N) is 1. The Labute approximate surface area is 123 Å². The molecule has 0 aliphatic carbocycles. The third-order valence-electron chi connectivity index (χ3n) is 3.09. The summed E-state index contributed by atoms with van der Waals surface area (Å²) in [7, 11) is 1.70. The number of nitrogens with two attached hydrogens (primary N) is 1. The lowest BCUT2D eigenvalue weighted by Crippen LogP contribution is -2.30. The van der Waals surface area contributed by atoms with Crippen LogP contribution in [0.25, 0.3) is 0 Å². The van der Waals surface area contributed by atoms with Crippen LogP contribution in [-0.2, 0) is 13.1 Å². The number of hydrogen-bond acceptors (Lipinski definition) is 2. The molecule has 21 heavy (non-hydrogen) atoms. The molecule has 0 saturated heterocycles. The minimum absolute atomic E-state index is 0.250. The smallest absolute Gasteiger partial charge is 0.321 e. The predicted molar refractivity (Wildman–Crippen MR) is 81.2 cm³/mol. The first-order valence-electron chi connectivity index (χ1n) is 6.64. The fourth-order valence-corrected chi connectivity index (χ4v) is 1.95. The molecule has 2 amide bonds. The molecule has 2 aromatic carbocycles. The number of nitrogens with zero attached hydrogens (tertiary/aromatic N) is 1. The largest absolute Gasteiger partial charge is 0.326 e. The Morgan fingerprint density at radius 1 is 1.19 bits per heavy atom. The maximum atomic E-state index is 12.8. The summed E-state index contributed by atoms with van der Waals surface area (Å²) in [5, 5.41) is 2.71. The van der Waals surface area contributed by atoms with Crippen LogP contribution >= 0.6 is 0 Å². The fraction of sp³-hybridized carbons (Fsp3) is 0.188. The van der Waals surface area contributed by atoms with Crippen molar-refractivity contribution in [1.82, 2.24) is 4.90 Å². The van der Waals surface area contributed by atoms with Crippen LogP contribution in [0.3, 0.4) is 0 Å². The van der Waals surface area contributed by atoms with Crippen LogP contribution in [0.2, 0.25) is 0 Å². The molecule has 0 saturated carbocycles. The number of carbonyl (C=O) groups is 1. The number of anilines is 1. The standard InChI is InChI=1S/C16H18FN3O/c1-20(11-13-4-2-3-12(9-13)10-18)16(21)19-15-7-5-14(17)6-8-15/h2-9H,10-11,18H2,1H3,(H,19,21). The first-order chi connectivity index (χ1) is 10.1. The van der Waals surface area contributed by atoms with Gasteiger partial charge in [0.2, 0.25) is 0 Å². The number of carbonyl (C=O) groups excluding carboxylic acids is 1. The van der Waals surface area contributed by atoms with E-state index in [2.05, 4.69) is 5.32 Å². The van der Waals surface area contributed by atoms with Crippen molar-refractivity contribution in [3.63, 3.8) is 0 Å². The van der Waals surface area contributed by atoms with Gasteiger partial charge in [0.25, 0.3) is 0 Å². The third kappa shape index (κ3) is 4.29. The van der Waals surface area contributed by atoms with E-state index in [4.69, 9.17) is 5.73 Å². The van der Waals surface area contributed by atoms with Gasteiger partial charge in [0.05, 0.1) is 0 Å². The Kier molecular flexibility index (Phi) is 4.90. The quantitative estimate of drug-likeness (QED) is 0.908. The molecule has 2 aromatic rings. The maximum Gasteiger partial charge on any atom is 0.321 e. The summed E-state index contributed by atoms with van der Waals surface area (Å²) in [4.78, 5) is 13.6. The number of amides is 2. The second kappa shape index (κ2) is 6.85. The summed E-state index contributed by atoms with van der Waals surface area (Å²) >= 11 is 0. The molecule has 2 rings (SSSR count). The van der Waals surface area contributed by atoms with Gasteiger partial charge in [-0.3, -0.25) is 0 Å². The summed E-state index contributed by atoms with van der Waals surface area (Å²) in [6.07, 6.45) is 0. The van der Waals surface area contributed by atoms with Gasteiger partial charge in [-0.2, -0.15) is 0 Å². The molecule has 0 unspecified atom stereocenters. The van der Waals surface area contributed by atoms with Crippen molar-refractivity contribution in [3.05, 3.63) is 65.5 Å². The van der Waals surface area contributed by atoms with E-state index in [-0.39, 0.29) is 11.8 Å². The molecule has 0 fully saturated rings. The molecule has 5 heteroatoms. The van der Waals surface area contributed by atoms with Crippen molar-refractivity contribution < 1.29 is 9.18 Å². The molecule has 0 aliphatic rings. The van der Waals surface area contributed by atoms with Gasteiger partial charge in [0.1, 0.15) is 5.82 Å². The van der Waals surface area contributed by atoms with Gasteiger partial charge in [-0.05, 0) is 35.4 Å². The molecule has 0 radical (unpaired) electrons. The van der Waals surface area contributed by atoms with Gasteiger partial charge in [0.15, 0.2) is 0 Å². The monoisotopic (exact) mass is 287 g/mol. The van der Waals surface area contributed by atoms with E-state index in [1.165, 1.54) is 24.3 Å². The van der Waals surface area contributed by atoms with Crippen LogP contribution in [0.1, 0.15) is 11.1 Å². The summed E-state index contributed by atoms with van der Waals surface area (Å²) in [5.41, 5.74) is 8.20. The second-order valence-electron chi connectivity index (χ2n) is 4.82. The van der Waals surface area contributed by atoms with Gasteiger partial charge >= 0.3 is 6.03 Å². The molecular formula is C16H18FN3O. The highest BCUT2D eigenvalue weighted by molar-refractivity contribution is 5.89. The van der Waals surface area contributed by atoms with Crippen molar-refractivity contribution in [2.75, 3.05) is 12.4 Å². The number of hydrogen-bond donors (Lipinski definition) is 2. The van der Waals surface area contributed by atoms with Crippen LogP contribution in [0.5, 0.6) is 0 Å². The van der Waals surface area contributed by atoms with Gasteiger partial charge in [-0.25, -0.2) is 9.18 Å². The maximum absolute atomic E-state index is 12.8. The molecule has 0 heterocycles. The number of halogens is 1. The average Bonchev–Trinajstić information content (AvgIpc) is 2.49. The lowest BCUT2D eigenvalue weighted by molar-refractivity contribution is 0.220. The van der Waals surface area contributed by atoms with Crippen LogP contribution < -0.4 is 11.1 Å². The van der Waals surface area contributed by atoms with Crippen LogP contribution in [0.4, 0.5) is 14.9 Å². The number of benzene rings is 2. The fourth-order valence-electron chi connectivity index (χ4n) is 1.95. The predicted octanol–water partition coefficient (Wildman–Crippen LogP) is 2.95. The lowest BCUT2D eigenvalue weighted by Gasteiger charge is -2.18. The normalized spacial score (nSPS) is 10.2. The Hall–Kier alpha value is -2.40. The van der Waals surface area contributed by atoms with E-state index in [1.807, 2.05) is 24.3 Å². The minimum Gasteiger partial charge on any atom is -0.326 e. The topological polar surface area (TPSA) is 58.4 Å². The van der Waals surface area contributed by atoms with Crippen LogP contribution in [0, 0.1) is 5.82 Å². The third-order valence-corrected chi connectivity index (χ3v) is 3.09. The average molecular weight is 287 g/mol. The van der Waals surface area contributed by atoms with E-state index in [9.17, 15) is 9.18 Å². The van der Waals surface area contributed by atoms with Crippen molar-refractivity contribution >= 4 is 11.7 Å². The molecule has 0 atom stereocenters. The summed E-state index contributed by atoms with van der Waals surface area (Å²) in [6, 6.07) is 13.2. The van der Waals surface area contributed by atoms with Crippen molar-refractivity contribution in [2.45, 2.75) is 13.1 Å². The van der Waals surface area contributed by atoms with Crippen molar-refractivity contribution in [2.24, 2.45) is 5.73 Å². The molecule has 0 aromatic heterocycles. The van der Waals surface area contributed by atoms with Crippen molar-refractivity contribution in [1.29, 1.82) is 0 Å². The van der Waals surface area contributed by atoms with E-state index in [1.54, 1.807) is 11.9 Å². The Balaban J connectivity index is 1.97. The Morgan fingerprint density at radius 2 is 1.86 bits per heavy atom. The van der Waals surface area contributed by atoms with E-state index in [0.29, 0.717) is 18.8 Å². The molecular weight excluding hydrogens is 269 g/mol. The van der Waals surface area contributed by atoms with Gasteiger partial charge in [-0.1, -0.05) is 24.3 Å². The van der Waals surface area contributed by atoms with Gasteiger partial charge < -0.3 is 16.0 Å². The molecule has 3 N–H and O–H groups in total. The van der Waals surface area contributed by atoms with E-state index < -0.39 is 0 Å². The summed E-state index contributed by atoms with van der Waals surface area (Å²) in [5.74, 6) is -0.333. The van der Waals surface area contributed by atoms with E-state index in [0.717, 1.165) is 11.1 Å². The van der Waals surface area contributed by atoms with Crippen LogP contribution in [-0.4, -0.2) is 18.0 Å². The summed E-state index contributed by atoms with van der Waals surface area (Å²) < 4.78 is 12.8. The molecule has 110 valence electrons. The highest BCUT2D eigenvalue weighted by atomic mass is 19.1. The zero-order chi connectivity index (χ0) is 15.2. The second-order valence-corrected chi connectivity index (χ2v) is 4.82. The van der Waals surface area contributed by atoms with Crippen molar-refractivity contribution in [3.8, 4) is 0 Å². The lowest BCUT2D eigenvalue weighted by atomic mass is 10.1. The Bertz CT molecular complexity index is 613. The van der Waals surface area contributed by atoms with Crippen LogP contribution in [0.15, 0.2) is 48.5 Å². The Morgan fingerprint density at radius 3 is 2.52 bits per heavy atom. The molecule has 0 bridgehead atoms. The SMILES string of the molecule is CN(Cc1cccc(CN)c1)C(=O)Nc1ccc(F)cc1.